The minimum absolute atomic E-state index is 0.120. The Morgan fingerprint density at radius 2 is 1.85 bits per heavy atom. The van der Waals surface area contributed by atoms with Crippen molar-refractivity contribution in [3.8, 4) is 0 Å². The highest BCUT2D eigenvalue weighted by atomic mass is 16.2. The Hall–Kier alpha value is -3.02. The van der Waals surface area contributed by atoms with Gasteiger partial charge in [-0.2, -0.15) is 5.10 Å². The Morgan fingerprint density at radius 3 is 2.46 bits per heavy atom. The molecule has 0 fully saturated rings. The fraction of sp³-hybridized carbons (Fsp3) is 0.300. The molecular formula is C20H23N5O. The second kappa shape index (κ2) is 7.07. The van der Waals surface area contributed by atoms with E-state index in [1.165, 1.54) is 6.20 Å². The Labute approximate surface area is 153 Å². The highest BCUT2D eigenvalue weighted by Crippen LogP contribution is 2.25. The second-order valence-electron chi connectivity index (χ2n) is 7.31. The van der Waals surface area contributed by atoms with Gasteiger partial charge in [0.2, 0.25) is 0 Å². The average molecular weight is 349 g/mol. The van der Waals surface area contributed by atoms with Crippen LogP contribution in [-0.2, 0) is 12.0 Å². The molecule has 0 radical (unpaired) electrons. The third-order valence-electron chi connectivity index (χ3n) is 3.98. The molecular weight excluding hydrogens is 326 g/mol. The summed E-state index contributed by atoms with van der Waals surface area (Å²) in [4.78, 5) is 20.8. The van der Waals surface area contributed by atoms with E-state index in [4.69, 9.17) is 5.10 Å². The van der Waals surface area contributed by atoms with Crippen molar-refractivity contribution in [2.24, 2.45) is 0 Å². The lowest BCUT2D eigenvalue weighted by Crippen LogP contribution is -2.17. The van der Waals surface area contributed by atoms with Crippen LogP contribution < -0.4 is 5.32 Å². The van der Waals surface area contributed by atoms with Crippen molar-refractivity contribution in [2.45, 2.75) is 39.7 Å². The van der Waals surface area contributed by atoms with E-state index in [1.54, 1.807) is 6.20 Å². The third-order valence-corrected chi connectivity index (χ3v) is 3.98. The van der Waals surface area contributed by atoms with Crippen LogP contribution in [0.4, 0.5) is 5.82 Å². The van der Waals surface area contributed by atoms with Crippen molar-refractivity contribution in [3.05, 3.63) is 71.4 Å². The topological polar surface area (TPSA) is 72.7 Å². The first-order chi connectivity index (χ1) is 12.3. The summed E-state index contributed by atoms with van der Waals surface area (Å²) in [7, 11) is 0. The maximum Gasteiger partial charge on any atom is 0.277 e. The molecule has 6 nitrogen and oxygen atoms in total. The normalized spacial score (nSPS) is 11.4. The molecule has 0 saturated heterocycles. The predicted octanol–water partition coefficient (Wildman–Crippen LogP) is 3.58. The zero-order valence-electron chi connectivity index (χ0n) is 15.5. The number of nitrogens with zero attached hydrogens (tertiary/aromatic N) is 4. The molecule has 1 amide bonds. The van der Waals surface area contributed by atoms with Gasteiger partial charge in [0.15, 0.2) is 0 Å². The fourth-order valence-corrected chi connectivity index (χ4v) is 2.45. The number of nitrogens with one attached hydrogen (secondary N) is 1. The van der Waals surface area contributed by atoms with Gasteiger partial charge in [0.1, 0.15) is 11.5 Å². The highest BCUT2D eigenvalue weighted by Gasteiger charge is 2.21. The van der Waals surface area contributed by atoms with Crippen LogP contribution >= 0.6 is 0 Å². The molecule has 0 saturated carbocycles. The zero-order chi connectivity index (χ0) is 18.7. The molecule has 0 aliphatic heterocycles. The number of aryl methyl sites for hydroxylation is 1. The van der Waals surface area contributed by atoms with Crippen molar-refractivity contribution >= 4 is 11.7 Å². The summed E-state index contributed by atoms with van der Waals surface area (Å²) >= 11 is 0. The van der Waals surface area contributed by atoms with Crippen molar-refractivity contribution in [1.29, 1.82) is 0 Å². The number of hydrogen-bond acceptors (Lipinski definition) is 4. The number of carbonyl (C=O) groups excluding carboxylic acids is 1. The van der Waals surface area contributed by atoms with Crippen molar-refractivity contribution < 1.29 is 4.79 Å². The van der Waals surface area contributed by atoms with Gasteiger partial charge in [-0.1, -0.05) is 51.1 Å². The molecule has 26 heavy (non-hydrogen) atoms. The number of hydrogen-bond donors (Lipinski definition) is 1. The highest BCUT2D eigenvalue weighted by molar-refractivity contribution is 6.02. The second-order valence-corrected chi connectivity index (χ2v) is 7.31. The maximum absolute atomic E-state index is 12.5. The van der Waals surface area contributed by atoms with Crippen molar-refractivity contribution in [2.75, 3.05) is 5.32 Å². The fourth-order valence-electron chi connectivity index (χ4n) is 2.45. The first kappa shape index (κ1) is 17.8. The van der Waals surface area contributed by atoms with E-state index in [0.29, 0.717) is 12.4 Å². The molecule has 0 aliphatic rings. The standard InChI is InChI=1S/C20H23N5O/c1-14-11-22-16(12-21-14)19(26)23-18-10-17(20(2,3)4)24-25(18)13-15-8-6-5-7-9-15/h5-12H,13H2,1-4H3,(H,23,26). The number of rotatable bonds is 4. The smallest absolute Gasteiger partial charge is 0.277 e. The molecule has 1 N–H and O–H groups in total. The van der Waals surface area contributed by atoms with Crippen molar-refractivity contribution in [3.63, 3.8) is 0 Å². The van der Waals surface area contributed by atoms with Gasteiger partial charge in [-0.3, -0.25) is 9.78 Å². The van der Waals surface area contributed by atoms with Crippen LogP contribution in [0, 0.1) is 6.92 Å². The van der Waals surface area contributed by atoms with Crippen LogP contribution in [0.3, 0.4) is 0 Å². The molecule has 6 heteroatoms. The Kier molecular flexibility index (Phi) is 4.84. The summed E-state index contributed by atoms with van der Waals surface area (Å²) in [6.07, 6.45) is 3.06. The summed E-state index contributed by atoms with van der Waals surface area (Å²) in [6.45, 7) is 8.70. The summed E-state index contributed by atoms with van der Waals surface area (Å²) in [5, 5.41) is 7.62. The van der Waals surface area contributed by atoms with Gasteiger partial charge in [0.25, 0.3) is 5.91 Å². The van der Waals surface area contributed by atoms with E-state index < -0.39 is 0 Å². The largest absolute Gasteiger partial charge is 0.305 e. The lowest BCUT2D eigenvalue weighted by molar-refractivity contribution is 0.102. The minimum atomic E-state index is -0.299. The average Bonchev–Trinajstić information content (AvgIpc) is 2.99. The number of aromatic nitrogens is 4. The van der Waals surface area contributed by atoms with Crippen LogP contribution in [0.1, 0.15) is 48.2 Å². The van der Waals surface area contributed by atoms with E-state index in [-0.39, 0.29) is 17.0 Å². The quantitative estimate of drug-likeness (QED) is 0.781. The third kappa shape index (κ3) is 4.14. The van der Waals surface area contributed by atoms with E-state index >= 15 is 0 Å². The Balaban J connectivity index is 1.90. The summed E-state index contributed by atoms with van der Waals surface area (Å²) in [5.41, 5.74) is 2.96. The molecule has 0 spiro atoms. The van der Waals surface area contributed by atoms with Crippen LogP contribution in [0.2, 0.25) is 0 Å². The monoisotopic (exact) mass is 349 g/mol. The molecule has 2 aromatic heterocycles. The molecule has 3 rings (SSSR count). The van der Waals surface area contributed by atoms with Gasteiger partial charge in [-0.15, -0.1) is 0 Å². The SMILES string of the molecule is Cc1cnc(C(=O)Nc2cc(C(C)(C)C)nn2Cc2ccccc2)cn1. The maximum atomic E-state index is 12.5. The summed E-state index contributed by atoms with van der Waals surface area (Å²) in [5.74, 6) is 0.346. The van der Waals surface area contributed by atoms with E-state index in [0.717, 1.165) is 17.0 Å². The first-order valence-electron chi connectivity index (χ1n) is 8.55. The van der Waals surface area contributed by atoms with Crippen LogP contribution in [0.15, 0.2) is 48.8 Å². The molecule has 134 valence electrons. The van der Waals surface area contributed by atoms with Gasteiger partial charge >= 0.3 is 0 Å². The van der Waals surface area contributed by atoms with E-state index in [9.17, 15) is 4.79 Å². The van der Waals surface area contributed by atoms with Crippen LogP contribution in [-0.4, -0.2) is 25.7 Å². The van der Waals surface area contributed by atoms with Crippen LogP contribution in [0.5, 0.6) is 0 Å². The number of benzene rings is 1. The van der Waals surface area contributed by atoms with Gasteiger partial charge in [-0.25, -0.2) is 9.67 Å². The van der Waals surface area contributed by atoms with Gasteiger partial charge < -0.3 is 5.32 Å². The minimum Gasteiger partial charge on any atom is -0.305 e. The molecule has 2 heterocycles. The summed E-state index contributed by atoms with van der Waals surface area (Å²) in [6, 6.07) is 12.0. The predicted molar refractivity (Wildman–Crippen MR) is 101 cm³/mol. The number of anilines is 1. The summed E-state index contributed by atoms with van der Waals surface area (Å²) < 4.78 is 1.81. The van der Waals surface area contributed by atoms with E-state index in [2.05, 4.69) is 36.1 Å². The van der Waals surface area contributed by atoms with Crippen LogP contribution in [0.25, 0.3) is 0 Å². The molecule has 3 aromatic rings. The molecule has 0 atom stereocenters. The number of amides is 1. The molecule has 0 unspecified atom stereocenters. The first-order valence-corrected chi connectivity index (χ1v) is 8.55. The molecule has 0 aliphatic carbocycles. The number of carbonyl (C=O) groups is 1. The Morgan fingerprint density at radius 1 is 1.12 bits per heavy atom. The Bertz CT molecular complexity index is 892. The van der Waals surface area contributed by atoms with Gasteiger partial charge in [0, 0.05) is 17.7 Å². The molecule has 1 aromatic carbocycles. The zero-order valence-corrected chi connectivity index (χ0v) is 15.5. The lowest BCUT2D eigenvalue weighted by Gasteiger charge is -2.14. The lowest BCUT2D eigenvalue weighted by atomic mass is 9.92. The van der Waals surface area contributed by atoms with E-state index in [1.807, 2.05) is 48.0 Å². The van der Waals surface area contributed by atoms with Gasteiger partial charge in [0.05, 0.1) is 24.1 Å². The van der Waals surface area contributed by atoms with Crippen molar-refractivity contribution in [1.82, 2.24) is 19.7 Å². The molecule has 0 bridgehead atoms. The van der Waals surface area contributed by atoms with Gasteiger partial charge in [-0.05, 0) is 12.5 Å².